The summed E-state index contributed by atoms with van der Waals surface area (Å²) >= 11 is 1.78. The third-order valence-corrected chi connectivity index (χ3v) is 13.2. The molecule has 416 valence electrons. The Morgan fingerprint density at radius 1 is 0.773 bits per heavy atom. The van der Waals surface area contributed by atoms with Crippen molar-refractivity contribution in [2.45, 2.75) is 70.0 Å². The van der Waals surface area contributed by atoms with E-state index in [2.05, 4.69) is 16.0 Å². The van der Waals surface area contributed by atoms with Crippen LogP contribution in [0.4, 0.5) is 8.78 Å². The molecule has 4 atom stereocenters. The van der Waals surface area contributed by atoms with Crippen molar-refractivity contribution in [2.75, 3.05) is 96.3 Å². The number of thioether (sulfide) groups is 2. The number of hydrogen-bond donors (Lipinski definition) is 8. The van der Waals surface area contributed by atoms with Crippen LogP contribution in [0.2, 0.25) is 0 Å². The van der Waals surface area contributed by atoms with E-state index in [0.29, 0.717) is 30.8 Å². The van der Waals surface area contributed by atoms with Gasteiger partial charge in [0.1, 0.15) is 29.0 Å². The molecule has 0 saturated heterocycles. The molecule has 0 fully saturated rings. The summed E-state index contributed by atoms with van der Waals surface area (Å²) in [5, 5.41) is 34.2. The molecule has 2 aromatic carbocycles. The van der Waals surface area contributed by atoms with Crippen LogP contribution in [-0.2, 0) is 59.1 Å². The van der Waals surface area contributed by atoms with Gasteiger partial charge in [0, 0.05) is 67.0 Å². The first-order valence-corrected chi connectivity index (χ1v) is 26.4. The smallest absolute Gasteiger partial charge is 0.327 e. The molecule has 0 radical (unpaired) electrons. The summed E-state index contributed by atoms with van der Waals surface area (Å²) < 4.78 is 53.3. The summed E-state index contributed by atoms with van der Waals surface area (Å²) in [5.74, 6) is -7.56. The summed E-state index contributed by atoms with van der Waals surface area (Å²) in [6, 6.07) is 11.5. The normalized spacial score (nSPS) is 13.1. The van der Waals surface area contributed by atoms with E-state index in [-0.39, 0.29) is 101 Å². The molecular formula is C50H71F2N7O14S2. The zero-order chi connectivity index (χ0) is 55.3. The molecule has 0 aliphatic rings. The van der Waals surface area contributed by atoms with Gasteiger partial charge in [-0.2, -0.15) is 0 Å². The Morgan fingerprint density at radius 2 is 1.41 bits per heavy atom. The maximum absolute atomic E-state index is 15.2. The number of benzene rings is 2. The quantitative estimate of drug-likeness (QED) is 0.0383. The summed E-state index contributed by atoms with van der Waals surface area (Å²) in [6.07, 6.45) is 1.63. The molecule has 0 saturated carbocycles. The van der Waals surface area contributed by atoms with Crippen molar-refractivity contribution >= 4 is 65.1 Å². The molecule has 0 aliphatic carbocycles. The van der Waals surface area contributed by atoms with Gasteiger partial charge in [-0.1, -0.05) is 51.1 Å². The lowest BCUT2D eigenvalue weighted by Gasteiger charge is -2.41. The number of halogens is 2. The third kappa shape index (κ3) is 24.3. The molecule has 3 aromatic rings. The van der Waals surface area contributed by atoms with Crippen molar-refractivity contribution in [3.05, 3.63) is 83.7 Å². The van der Waals surface area contributed by atoms with Crippen molar-refractivity contribution in [3.63, 3.8) is 0 Å². The van der Waals surface area contributed by atoms with Crippen LogP contribution in [0.15, 0.2) is 60.8 Å². The van der Waals surface area contributed by atoms with Crippen LogP contribution in [0.3, 0.4) is 0 Å². The Morgan fingerprint density at radius 3 is 2.01 bits per heavy atom. The second-order valence-electron chi connectivity index (χ2n) is 18.0. The average Bonchev–Trinajstić information content (AvgIpc) is 3.76. The fraction of sp³-hybridized carbons (Fsp3) is 0.540. The topological polar surface area (TPSA) is 313 Å². The number of aliphatic carboxylic acids is 3. The minimum Gasteiger partial charge on any atom is -0.480 e. The number of hydrogen-bond acceptors (Lipinski definition) is 15. The number of nitrogens with two attached hydrogens (primary N) is 2. The molecule has 4 amide bonds. The van der Waals surface area contributed by atoms with Crippen LogP contribution in [-0.4, -0.2) is 180 Å². The Kier molecular flexibility index (Phi) is 28.9. The fourth-order valence-corrected chi connectivity index (χ4v) is 9.15. The van der Waals surface area contributed by atoms with Crippen LogP contribution in [0, 0.1) is 17.0 Å². The van der Waals surface area contributed by atoms with Crippen LogP contribution >= 0.6 is 23.5 Å². The van der Waals surface area contributed by atoms with E-state index in [4.69, 9.17) is 35.5 Å². The second-order valence-corrected chi connectivity index (χ2v) is 20.3. The fourth-order valence-electron chi connectivity index (χ4n) is 7.24. The maximum atomic E-state index is 15.2. The number of carboxylic acids is 3. The van der Waals surface area contributed by atoms with Crippen molar-refractivity contribution in [1.29, 1.82) is 0 Å². The number of amides is 4. The Bertz CT molecular complexity index is 2290. The lowest BCUT2D eigenvalue weighted by molar-refractivity contribution is -0.141. The molecule has 0 spiro atoms. The third-order valence-electron chi connectivity index (χ3n) is 10.9. The van der Waals surface area contributed by atoms with E-state index >= 15 is 4.39 Å². The predicted octanol–water partition coefficient (Wildman–Crippen LogP) is 2.73. The lowest BCUT2D eigenvalue weighted by atomic mass is 9.83. The minimum absolute atomic E-state index is 0.0000741. The van der Waals surface area contributed by atoms with Crippen LogP contribution in [0.1, 0.15) is 57.3 Å². The average molecular weight is 1100 g/mol. The van der Waals surface area contributed by atoms with Gasteiger partial charge in [-0.25, -0.2) is 13.6 Å². The first-order chi connectivity index (χ1) is 35.7. The molecule has 0 aliphatic heterocycles. The summed E-state index contributed by atoms with van der Waals surface area (Å²) in [7, 11) is 0. The molecule has 4 unspecified atom stereocenters. The highest BCUT2D eigenvalue weighted by Gasteiger charge is 2.37. The molecule has 75 heavy (non-hydrogen) atoms. The van der Waals surface area contributed by atoms with E-state index in [1.165, 1.54) is 0 Å². The first-order valence-electron chi connectivity index (χ1n) is 24.2. The number of carbonyl (C=O) groups is 7. The van der Waals surface area contributed by atoms with Crippen molar-refractivity contribution in [1.82, 2.24) is 25.4 Å². The number of carbonyl (C=O) groups excluding carboxylic acids is 4. The van der Waals surface area contributed by atoms with Crippen molar-refractivity contribution < 1.29 is 76.6 Å². The molecule has 1 heterocycles. The predicted molar refractivity (Wildman–Crippen MR) is 278 cm³/mol. The largest absolute Gasteiger partial charge is 0.480 e. The molecule has 10 N–H and O–H groups in total. The van der Waals surface area contributed by atoms with Gasteiger partial charge in [-0.05, 0) is 48.2 Å². The SMILES string of the molecule is CC(C)(C)C(c1cc(-c2cc(F)ccc2F)cn1Cc1ccccc1)N(CCCN)C(=O)CSCC(NC(=O)CCOCCOCCOCCOCCNC(=O)CNC(=O)CC(SCC(N)C(=O)O)C(=O)O)C(=O)O. The van der Waals surface area contributed by atoms with E-state index in [9.17, 15) is 48.2 Å². The minimum atomic E-state index is -1.31. The van der Waals surface area contributed by atoms with Crippen LogP contribution in [0.5, 0.6) is 0 Å². The van der Waals surface area contributed by atoms with Crippen LogP contribution < -0.4 is 27.4 Å². The highest BCUT2D eigenvalue weighted by Crippen LogP contribution is 2.41. The number of ether oxygens (including phenoxy) is 4. The van der Waals surface area contributed by atoms with Gasteiger partial charge in [-0.3, -0.25) is 28.8 Å². The Labute approximate surface area is 443 Å². The molecule has 0 bridgehead atoms. The number of rotatable bonds is 38. The molecule has 25 heteroatoms. The van der Waals surface area contributed by atoms with E-state index in [1.54, 1.807) is 17.2 Å². The zero-order valence-electron chi connectivity index (χ0n) is 42.5. The number of nitrogens with one attached hydrogen (secondary N) is 3. The number of aromatic nitrogens is 1. The van der Waals surface area contributed by atoms with Gasteiger partial charge in [0.05, 0.1) is 71.2 Å². The molecular weight excluding hydrogens is 1020 g/mol. The van der Waals surface area contributed by atoms with E-state index in [1.807, 2.05) is 55.7 Å². The van der Waals surface area contributed by atoms with Crippen LogP contribution in [0.25, 0.3) is 11.1 Å². The van der Waals surface area contributed by atoms with Gasteiger partial charge in [0.2, 0.25) is 23.6 Å². The molecule has 21 nitrogen and oxygen atoms in total. The van der Waals surface area contributed by atoms with Gasteiger partial charge in [-0.15, -0.1) is 23.5 Å². The summed E-state index contributed by atoms with van der Waals surface area (Å²) in [5.41, 5.74) is 12.9. The summed E-state index contributed by atoms with van der Waals surface area (Å²) in [4.78, 5) is 87.1. The zero-order valence-corrected chi connectivity index (χ0v) is 44.1. The lowest BCUT2D eigenvalue weighted by Crippen LogP contribution is -2.45. The van der Waals surface area contributed by atoms with E-state index in [0.717, 1.165) is 47.3 Å². The van der Waals surface area contributed by atoms with Gasteiger partial charge in [0.15, 0.2) is 0 Å². The van der Waals surface area contributed by atoms with E-state index < -0.39 is 89.0 Å². The molecule has 3 rings (SSSR count). The second kappa shape index (κ2) is 34.1. The van der Waals surface area contributed by atoms with Gasteiger partial charge >= 0.3 is 17.9 Å². The Hall–Kier alpha value is -5.67. The highest BCUT2D eigenvalue weighted by atomic mass is 32.2. The Balaban J connectivity index is 1.35. The molecule has 1 aromatic heterocycles. The maximum Gasteiger partial charge on any atom is 0.327 e. The van der Waals surface area contributed by atoms with Crippen molar-refractivity contribution in [2.24, 2.45) is 16.9 Å². The standard InChI is InChI=1S/C50H71F2N7O14S2/c1-50(2,3)46(40-24-34(36-25-35(51)10-11-37(36)52)29-58(40)28-33-8-5-4-6-9-33)59(15-7-13-53)45(63)32-74-31-39(48(66)67)57-42(60)12-16-70-18-20-72-22-23-73-21-19-71-17-14-55-44(62)27-56-43(61)26-41(49(68)69)75-30-38(54)47(64)65/h4-6,8-11,24-25,29,38-39,41,46H,7,12-23,26-28,30-32,53-54H2,1-3H3,(H,55,62)(H,56,61)(H,57,60)(H,64,65)(H,66,67)(H,68,69). The highest BCUT2D eigenvalue weighted by molar-refractivity contribution is 8.00. The summed E-state index contributed by atoms with van der Waals surface area (Å²) in [6.45, 7) is 8.12. The number of nitrogens with zero attached hydrogens (tertiary/aromatic N) is 2. The van der Waals surface area contributed by atoms with Gasteiger partial charge < -0.3 is 71.2 Å². The van der Waals surface area contributed by atoms with Crippen molar-refractivity contribution in [3.8, 4) is 11.1 Å². The first kappa shape index (κ1) is 63.6. The number of carboxylic acid groups (broad SMARTS) is 3. The van der Waals surface area contributed by atoms with Gasteiger partial charge in [0.25, 0.3) is 0 Å². The monoisotopic (exact) mass is 1100 g/mol.